The third kappa shape index (κ3) is 5.51. The molecule has 5 heteroatoms. The van der Waals surface area contributed by atoms with Crippen molar-refractivity contribution in [1.29, 1.82) is 0 Å². The summed E-state index contributed by atoms with van der Waals surface area (Å²) in [4.78, 5) is 15.7. The molecule has 0 saturated carbocycles. The second-order valence-corrected chi connectivity index (χ2v) is 15.0. The Morgan fingerprint density at radius 1 is 0.345 bits per heavy atom. The molecule has 0 aliphatic rings. The highest BCUT2D eigenvalue weighted by Crippen LogP contribution is 2.42. The van der Waals surface area contributed by atoms with Crippen molar-refractivity contribution < 1.29 is 0 Å². The lowest BCUT2D eigenvalue weighted by Crippen LogP contribution is -2.04. The van der Waals surface area contributed by atoms with E-state index in [1.165, 1.54) is 38.2 Å². The maximum Gasteiger partial charge on any atom is 0.166 e. The molecule has 3 heterocycles. The molecular weight excluding hydrogens is 707 g/mol. The summed E-state index contributed by atoms with van der Waals surface area (Å²) in [7, 11) is 0. The molecule has 0 unspecified atom stereocenters. The Hall–Kier alpha value is -7.63. The molecule has 5 nitrogen and oxygen atoms in total. The van der Waals surface area contributed by atoms with Gasteiger partial charge in [0.15, 0.2) is 17.5 Å². The van der Waals surface area contributed by atoms with E-state index in [1.807, 2.05) is 36.4 Å². The van der Waals surface area contributed by atoms with Gasteiger partial charge in [0.2, 0.25) is 0 Å². The van der Waals surface area contributed by atoms with Gasteiger partial charge in [-0.1, -0.05) is 145 Å². The van der Waals surface area contributed by atoms with Crippen LogP contribution in [0.3, 0.4) is 0 Å². The van der Waals surface area contributed by atoms with E-state index in [2.05, 4.69) is 175 Å². The molecular formula is C53H37N5. The number of benzene rings is 8. The van der Waals surface area contributed by atoms with Gasteiger partial charge in [0.1, 0.15) is 0 Å². The standard InChI is InChI=1S/C53H37N5/c1-34-25-28-47-43(31-34)44-32-35(2)26-29-48(44)58(47)49-30-27-38(40-22-14-23-42-41-21-12-13-24-46(41)57(50(40)42)39-19-10-5-11-20-39)33-45(49)53-55-51(36-15-6-3-7-16-36)54-52(56-53)37-17-8-4-9-18-37/h3-33H,1-2H3. The molecule has 0 amide bonds. The molecule has 0 fully saturated rings. The van der Waals surface area contributed by atoms with Gasteiger partial charge in [-0.05, 0) is 74.0 Å². The largest absolute Gasteiger partial charge is 0.309 e. The maximum absolute atomic E-state index is 5.31. The van der Waals surface area contributed by atoms with E-state index in [0.717, 1.165) is 55.7 Å². The van der Waals surface area contributed by atoms with Crippen molar-refractivity contribution in [1.82, 2.24) is 24.1 Å². The van der Waals surface area contributed by atoms with Crippen LogP contribution in [0.1, 0.15) is 11.1 Å². The van der Waals surface area contributed by atoms with Crippen LogP contribution in [-0.2, 0) is 0 Å². The molecule has 0 radical (unpaired) electrons. The Labute approximate surface area is 336 Å². The van der Waals surface area contributed by atoms with Gasteiger partial charge in [-0.15, -0.1) is 0 Å². The van der Waals surface area contributed by atoms with E-state index in [0.29, 0.717) is 17.5 Å². The molecule has 58 heavy (non-hydrogen) atoms. The fraction of sp³-hybridized carbons (Fsp3) is 0.0377. The third-order valence-corrected chi connectivity index (χ3v) is 11.3. The van der Waals surface area contributed by atoms with Crippen LogP contribution < -0.4 is 0 Å². The first-order chi connectivity index (χ1) is 28.6. The second-order valence-electron chi connectivity index (χ2n) is 15.0. The van der Waals surface area contributed by atoms with Crippen molar-refractivity contribution in [3.63, 3.8) is 0 Å². The zero-order valence-corrected chi connectivity index (χ0v) is 32.1. The minimum atomic E-state index is 0.606. The van der Waals surface area contributed by atoms with Crippen LogP contribution in [0, 0.1) is 13.8 Å². The highest BCUT2D eigenvalue weighted by atomic mass is 15.1. The van der Waals surface area contributed by atoms with Crippen molar-refractivity contribution in [2.24, 2.45) is 0 Å². The number of hydrogen-bond donors (Lipinski definition) is 0. The van der Waals surface area contributed by atoms with Gasteiger partial charge in [-0.2, -0.15) is 0 Å². The summed E-state index contributed by atoms with van der Waals surface area (Å²) >= 11 is 0. The first-order valence-electron chi connectivity index (χ1n) is 19.7. The molecule has 8 aromatic carbocycles. The van der Waals surface area contributed by atoms with Crippen LogP contribution in [0.25, 0.3) is 100 Å². The number of rotatable bonds is 6. The van der Waals surface area contributed by atoms with Gasteiger partial charge in [0, 0.05) is 49.5 Å². The maximum atomic E-state index is 5.31. The molecule has 0 atom stereocenters. The molecule has 11 rings (SSSR count). The number of aryl methyl sites for hydroxylation is 2. The van der Waals surface area contributed by atoms with Crippen molar-refractivity contribution >= 4 is 43.6 Å². The lowest BCUT2D eigenvalue weighted by molar-refractivity contribution is 1.06. The predicted octanol–water partition coefficient (Wildman–Crippen LogP) is 13.4. The van der Waals surface area contributed by atoms with E-state index in [1.54, 1.807) is 0 Å². The van der Waals surface area contributed by atoms with E-state index < -0.39 is 0 Å². The number of fused-ring (bicyclic) bond motifs is 6. The Balaban J connectivity index is 1.25. The van der Waals surface area contributed by atoms with Crippen molar-refractivity contribution in [3.8, 4) is 56.7 Å². The van der Waals surface area contributed by atoms with Crippen molar-refractivity contribution in [2.45, 2.75) is 13.8 Å². The summed E-state index contributed by atoms with van der Waals surface area (Å²) < 4.78 is 4.79. The molecule has 3 aromatic heterocycles. The summed E-state index contributed by atoms with van der Waals surface area (Å²) in [5.41, 5.74) is 14.1. The Kier molecular flexibility index (Phi) is 7.86. The van der Waals surface area contributed by atoms with Crippen LogP contribution in [0.5, 0.6) is 0 Å². The Morgan fingerprint density at radius 3 is 1.52 bits per heavy atom. The fourth-order valence-corrected chi connectivity index (χ4v) is 8.61. The van der Waals surface area contributed by atoms with Crippen molar-refractivity contribution in [3.05, 3.63) is 199 Å². The van der Waals surface area contributed by atoms with Gasteiger partial charge in [0.05, 0.1) is 27.8 Å². The Bertz CT molecular complexity index is 3230. The van der Waals surface area contributed by atoms with Crippen LogP contribution in [-0.4, -0.2) is 24.1 Å². The zero-order valence-electron chi connectivity index (χ0n) is 32.1. The summed E-state index contributed by atoms with van der Waals surface area (Å²) in [6, 6.07) is 66.7. The number of aromatic nitrogens is 5. The van der Waals surface area contributed by atoms with Crippen LogP contribution >= 0.6 is 0 Å². The summed E-state index contributed by atoms with van der Waals surface area (Å²) in [6.45, 7) is 4.32. The van der Waals surface area contributed by atoms with Gasteiger partial charge < -0.3 is 9.13 Å². The minimum absolute atomic E-state index is 0.606. The van der Waals surface area contributed by atoms with E-state index >= 15 is 0 Å². The number of hydrogen-bond acceptors (Lipinski definition) is 3. The third-order valence-electron chi connectivity index (χ3n) is 11.3. The lowest BCUT2D eigenvalue weighted by atomic mass is 9.98. The quantitative estimate of drug-likeness (QED) is 0.170. The Morgan fingerprint density at radius 2 is 0.879 bits per heavy atom. The second kappa shape index (κ2) is 13.5. The van der Waals surface area contributed by atoms with Crippen LogP contribution in [0.2, 0.25) is 0 Å². The van der Waals surface area contributed by atoms with Crippen LogP contribution in [0.15, 0.2) is 188 Å². The first kappa shape index (κ1) is 33.7. The molecule has 0 spiro atoms. The van der Waals surface area contributed by atoms with Gasteiger partial charge >= 0.3 is 0 Å². The average Bonchev–Trinajstić information content (AvgIpc) is 3.79. The lowest BCUT2D eigenvalue weighted by Gasteiger charge is -2.17. The molecule has 0 aliphatic carbocycles. The zero-order chi connectivity index (χ0) is 38.7. The smallest absolute Gasteiger partial charge is 0.166 e. The first-order valence-corrected chi connectivity index (χ1v) is 19.7. The van der Waals surface area contributed by atoms with Crippen LogP contribution in [0.4, 0.5) is 0 Å². The molecule has 274 valence electrons. The summed E-state index contributed by atoms with van der Waals surface area (Å²) in [5.74, 6) is 1.86. The van der Waals surface area contributed by atoms with E-state index in [-0.39, 0.29) is 0 Å². The summed E-state index contributed by atoms with van der Waals surface area (Å²) in [5, 5.41) is 4.86. The van der Waals surface area contributed by atoms with Gasteiger partial charge in [0.25, 0.3) is 0 Å². The highest BCUT2D eigenvalue weighted by molar-refractivity contribution is 6.14. The molecule has 0 aliphatic heterocycles. The van der Waals surface area contributed by atoms with Gasteiger partial charge in [-0.3, -0.25) is 0 Å². The van der Waals surface area contributed by atoms with Crippen molar-refractivity contribution in [2.75, 3.05) is 0 Å². The fourth-order valence-electron chi connectivity index (χ4n) is 8.61. The monoisotopic (exact) mass is 743 g/mol. The number of nitrogens with zero attached hydrogens (tertiary/aromatic N) is 5. The molecule has 11 aromatic rings. The van der Waals surface area contributed by atoms with Gasteiger partial charge in [-0.25, -0.2) is 15.0 Å². The molecule has 0 N–H and O–H groups in total. The minimum Gasteiger partial charge on any atom is -0.309 e. The highest BCUT2D eigenvalue weighted by Gasteiger charge is 2.22. The number of para-hydroxylation sites is 3. The van der Waals surface area contributed by atoms with E-state index in [4.69, 9.17) is 15.0 Å². The normalized spacial score (nSPS) is 11.6. The molecule has 0 saturated heterocycles. The SMILES string of the molecule is Cc1ccc2c(c1)c1cc(C)ccc1n2-c1ccc(-c2cccc3c4ccccc4n(-c4ccccc4)c23)cc1-c1nc(-c2ccccc2)nc(-c2ccccc2)n1. The topological polar surface area (TPSA) is 48.5 Å². The molecule has 0 bridgehead atoms. The summed E-state index contributed by atoms with van der Waals surface area (Å²) in [6.07, 6.45) is 0. The average molecular weight is 744 g/mol. The predicted molar refractivity (Wildman–Crippen MR) is 240 cm³/mol. The van der Waals surface area contributed by atoms with E-state index in [9.17, 15) is 0 Å².